The first-order chi connectivity index (χ1) is 17.6. The van der Waals surface area contributed by atoms with Gasteiger partial charge in [0.15, 0.2) is 0 Å². The van der Waals surface area contributed by atoms with E-state index in [1.54, 1.807) is 23.8 Å². The molecule has 1 fully saturated rings. The van der Waals surface area contributed by atoms with Crippen LogP contribution in [0, 0.1) is 6.92 Å². The fourth-order valence-corrected chi connectivity index (χ4v) is 7.09. The van der Waals surface area contributed by atoms with E-state index in [0.29, 0.717) is 11.4 Å². The molecule has 3 heterocycles. The summed E-state index contributed by atoms with van der Waals surface area (Å²) in [4.78, 5) is 44.6. The third kappa shape index (κ3) is 6.60. The van der Waals surface area contributed by atoms with Crippen molar-refractivity contribution in [2.45, 2.75) is 48.5 Å². The van der Waals surface area contributed by atoms with Gasteiger partial charge in [0.05, 0.1) is 5.01 Å². The van der Waals surface area contributed by atoms with Gasteiger partial charge in [-0.05, 0) is 36.8 Å². The van der Waals surface area contributed by atoms with Crippen molar-refractivity contribution in [2.75, 3.05) is 6.54 Å². The van der Waals surface area contributed by atoms with Crippen LogP contribution < -0.4 is 15.8 Å². The number of nitrogens with two attached hydrogens (primary N) is 1. The molecule has 0 aliphatic carbocycles. The minimum Gasteiger partial charge on any atom is -0.368 e. The number of piperidine rings is 1. The number of benzene rings is 1. The van der Waals surface area contributed by atoms with Gasteiger partial charge in [-0.1, -0.05) is 36.4 Å². The lowest BCUT2D eigenvalue weighted by atomic mass is 9.96. The van der Waals surface area contributed by atoms with Gasteiger partial charge in [0, 0.05) is 24.4 Å². The van der Waals surface area contributed by atoms with Crippen LogP contribution in [-0.2, 0) is 26.0 Å². The van der Waals surface area contributed by atoms with Gasteiger partial charge in [0.1, 0.15) is 22.0 Å². The minimum absolute atomic E-state index is 0.0299. The second kappa shape index (κ2) is 11.5. The lowest BCUT2D eigenvalue weighted by molar-refractivity contribution is -0.131. The molecular formula is C24H27N5O5S3. The van der Waals surface area contributed by atoms with Crippen molar-refractivity contribution in [2.24, 2.45) is 5.73 Å². The second-order valence-electron chi connectivity index (χ2n) is 8.69. The number of aryl methyl sites for hydroxylation is 1. The summed E-state index contributed by atoms with van der Waals surface area (Å²) in [5, 5.41) is 6.68. The van der Waals surface area contributed by atoms with Crippen LogP contribution >= 0.6 is 22.7 Å². The summed E-state index contributed by atoms with van der Waals surface area (Å²) in [6.07, 6.45) is 0.525. The summed E-state index contributed by atoms with van der Waals surface area (Å²) < 4.78 is 28.4. The van der Waals surface area contributed by atoms with E-state index in [1.807, 2.05) is 30.3 Å². The Hall–Kier alpha value is -3.13. The third-order valence-corrected chi connectivity index (χ3v) is 9.72. The smallest absolute Gasteiger partial charge is 0.274 e. The van der Waals surface area contributed by atoms with Crippen LogP contribution in [0.2, 0.25) is 0 Å². The van der Waals surface area contributed by atoms with Gasteiger partial charge in [-0.2, -0.15) is 0 Å². The summed E-state index contributed by atoms with van der Waals surface area (Å²) in [6.45, 7) is 1.91. The van der Waals surface area contributed by atoms with Crippen LogP contribution in [0.25, 0.3) is 0 Å². The van der Waals surface area contributed by atoms with Crippen molar-refractivity contribution in [1.29, 1.82) is 0 Å². The van der Waals surface area contributed by atoms with Crippen molar-refractivity contribution in [1.82, 2.24) is 19.9 Å². The highest BCUT2D eigenvalue weighted by molar-refractivity contribution is 7.91. The summed E-state index contributed by atoms with van der Waals surface area (Å²) in [7, 11) is -3.78. The number of carbonyl (C=O) groups excluding carboxylic acids is 3. The third-order valence-electron chi connectivity index (χ3n) is 6.03. The number of hydrogen-bond acceptors (Lipinski definition) is 8. The van der Waals surface area contributed by atoms with E-state index in [-0.39, 0.29) is 29.3 Å². The standard InChI is InChI=1S/C24H27N5O5S3/c1-15-26-19(14-36-15)24(32)29-10-9-17(28-37(33,34)21-8-5-11-35-21)13-20(29)23(31)27-18(22(25)30)12-16-6-3-2-4-7-16/h2-8,11,14,17-18,20,28H,9-10,12-13H2,1H3,(H2,25,30)(H,27,31). The Bertz CT molecular complexity index is 1360. The Labute approximate surface area is 222 Å². The molecule has 1 aliphatic heterocycles. The van der Waals surface area contributed by atoms with Crippen molar-refractivity contribution >= 4 is 50.4 Å². The topological polar surface area (TPSA) is 152 Å². The Balaban J connectivity index is 1.55. The van der Waals surface area contributed by atoms with Gasteiger partial charge in [0.25, 0.3) is 5.91 Å². The maximum Gasteiger partial charge on any atom is 0.274 e. The zero-order valence-electron chi connectivity index (χ0n) is 20.0. The Morgan fingerprint density at radius 1 is 1.16 bits per heavy atom. The number of aromatic nitrogens is 1. The molecule has 0 radical (unpaired) electrons. The monoisotopic (exact) mass is 561 g/mol. The van der Waals surface area contributed by atoms with Crippen LogP contribution in [0.3, 0.4) is 0 Å². The number of amides is 3. The molecule has 10 nitrogen and oxygen atoms in total. The average molecular weight is 562 g/mol. The highest BCUT2D eigenvalue weighted by atomic mass is 32.2. The quantitative estimate of drug-likeness (QED) is 0.362. The number of primary amides is 1. The van der Waals surface area contributed by atoms with Gasteiger partial charge < -0.3 is 16.0 Å². The van der Waals surface area contributed by atoms with Gasteiger partial charge in [-0.15, -0.1) is 22.7 Å². The molecule has 3 atom stereocenters. The van der Waals surface area contributed by atoms with Crippen molar-refractivity contribution in [3.8, 4) is 0 Å². The first-order valence-corrected chi connectivity index (χ1v) is 14.8. The molecule has 0 spiro atoms. The molecule has 1 aromatic carbocycles. The predicted molar refractivity (Wildman–Crippen MR) is 141 cm³/mol. The number of likely N-dealkylation sites (tertiary alicyclic amines) is 1. The van der Waals surface area contributed by atoms with Gasteiger partial charge in [0.2, 0.25) is 21.8 Å². The van der Waals surface area contributed by atoms with Crippen LogP contribution in [0.15, 0.2) is 57.4 Å². The zero-order chi connectivity index (χ0) is 26.6. The van der Waals surface area contributed by atoms with Gasteiger partial charge >= 0.3 is 0 Å². The maximum atomic E-state index is 13.5. The van der Waals surface area contributed by atoms with Gasteiger partial charge in [-0.25, -0.2) is 18.1 Å². The number of sulfonamides is 1. The van der Waals surface area contributed by atoms with E-state index in [2.05, 4.69) is 15.0 Å². The first kappa shape index (κ1) is 26.9. The predicted octanol–water partition coefficient (Wildman–Crippen LogP) is 1.68. The van der Waals surface area contributed by atoms with Crippen LogP contribution in [0.4, 0.5) is 0 Å². The van der Waals surface area contributed by atoms with Crippen molar-refractivity contribution in [3.63, 3.8) is 0 Å². The van der Waals surface area contributed by atoms with E-state index < -0.39 is 45.9 Å². The molecular weight excluding hydrogens is 534 g/mol. The average Bonchev–Trinajstić information content (AvgIpc) is 3.56. The summed E-state index contributed by atoms with van der Waals surface area (Å²) >= 11 is 2.41. The fraction of sp³-hybridized carbons (Fsp3) is 0.333. The molecule has 3 aromatic rings. The number of thiophene rings is 1. The molecule has 3 amide bonds. The molecule has 0 bridgehead atoms. The van der Waals surface area contributed by atoms with E-state index >= 15 is 0 Å². The lowest BCUT2D eigenvalue weighted by Crippen LogP contribution is -2.59. The fourth-order valence-electron chi connectivity index (χ4n) is 4.21. The molecule has 4 N–H and O–H groups in total. The SMILES string of the molecule is Cc1nc(C(=O)N2CCC(NS(=O)(=O)c3cccs3)CC2C(=O)NC(Cc2ccccc2)C(N)=O)cs1. The van der Waals surface area contributed by atoms with E-state index in [4.69, 9.17) is 5.73 Å². The Morgan fingerprint density at radius 3 is 2.54 bits per heavy atom. The normalized spacial score (nSPS) is 18.8. The molecule has 4 rings (SSSR count). The Kier molecular flexibility index (Phi) is 8.37. The van der Waals surface area contributed by atoms with Crippen LogP contribution in [-0.4, -0.2) is 60.7 Å². The zero-order valence-corrected chi connectivity index (χ0v) is 22.4. The molecule has 196 valence electrons. The van der Waals surface area contributed by atoms with E-state index in [9.17, 15) is 22.8 Å². The van der Waals surface area contributed by atoms with E-state index in [0.717, 1.165) is 16.9 Å². The number of nitrogens with one attached hydrogen (secondary N) is 2. The first-order valence-electron chi connectivity index (χ1n) is 11.6. The van der Waals surface area contributed by atoms with Gasteiger partial charge in [-0.3, -0.25) is 14.4 Å². The molecule has 1 aliphatic rings. The summed E-state index contributed by atoms with van der Waals surface area (Å²) in [6, 6.07) is 9.62. The largest absolute Gasteiger partial charge is 0.368 e. The molecule has 1 saturated heterocycles. The molecule has 37 heavy (non-hydrogen) atoms. The van der Waals surface area contributed by atoms with E-state index in [1.165, 1.54) is 22.3 Å². The lowest BCUT2D eigenvalue weighted by Gasteiger charge is -2.38. The van der Waals surface area contributed by atoms with Crippen LogP contribution in [0.1, 0.15) is 33.9 Å². The van der Waals surface area contributed by atoms with Crippen LogP contribution in [0.5, 0.6) is 0 Å². The highest BCUT2D eigenvalue weighted by Gasteiger charge is 2.39. The number of carbonyl (C=O) groups is 3. The number of rotatable bonds is 9. The molecule has 13 heteroatoms. The summed E-state index contributed by atoms with van der Waals surface area (Å²) in [5.74, 6) is -1.72. The second-order valence-corrected chi connectivity index (χ2v) is 12.6. The minimum atomic E-state index is -3.78. The van der Waals surface area contributed by atoms with Crippen molar-refractivity contribution < 1.29 is 22.8 Å². The number of nitrogens with zero attached hydrogens (tertiary/aromatic N) is 2. The summed E-state index contributed by atoms with van der Waals surface area (Å²) in [5.41, 5.74) is 6.61. The molecule has 2 aromatic heterocycles. The number of hydrogen-bond donors (Lipinski definition) is 3. The molecule has 3 unspecified atom stereocenters. The Morgan fingerprint density at radius 2 is 1.92 bits per heavy atom. The van der Waals surface area contributed by atoms with Crippen molar-refractivity contribution in [3.05, 3.63) is 69.5 Å². The highest BCUT2D eigenvalue weighted by Crippen LogP contribution is 2.24. The maximum absolute atomic E-state index is 13.5. The number of thiazole rings is 1. The molecule has 0 saturated carbocycles.